The Morgan fingerprint density at radius 3 is 2.60 bits per heavy atom. The van der Waals surface area contributed by atoms with Crippen LogP contribution in [0.25, 0.3) is 11.2 Å². The average molecular weight is 597 g/mol. The van der Waals surface area contributed by atoms with Gasteiger partial charge in [0.15, 0.2) is 23.5 Å². The minimum atomic E-state index is -0.781. The van der Waals surface area contributed by atoms with E-state index in [0.717, 1.165) is 5.56 Å². The molecule has 1 aromatic carbocycles. The first-order valence-electron chi connectivity index (χ1n) is 14.8. The van der Waals surface area contributed by atoms with E-state index in [1.54, 1.807) is 6.33 Å². The van der Waals surface area contributed by atoms with Crippen molar-refractivity contribution in [3.63, 3.8) is 0 Å². The zero-order chi connectivity index (χ0) is 30.8. The monoisotopic (exact) mass is 596 g/mol. The third-order valence-corrected chi connectivity index (χ3v) is 7.51. The van der Waals surface area contributed by atoms with Crippen molar-refractivity contribution in [2.24, 2.45) is 5.73 Å². The molecule has 2 fully saturated rings. The van der Waals surface area contributed by atoms with Crippen molar-refractivity contribution in [2.75, 3.05) is 31.9 Å². The molecule has 2 unspecified atom stereocenters. The Bertz CT molecular complexity index is 1380. The molecule has 3 aromatic rings. The molecule has 2 saturated heterocycles. The third kappa shape index (κ3) is 7.60. The number of hydrogen-bond donors (Lipinski definition) is 3. The van der Waals surface area contributed by atoms with Gasteiger partial charge >= 0.3 is 6.09 Å². The quantitative estimate of drug-likeness (QED) is 0.298. The summed E-state index contributed by atoms with van der Waals surface area (Å²) in [6, 6.07) is 9.96. The summed E-state index contributed by atoms with van der Waals surface area (Å²) in [6.07, 6.45) is 2.46. The minimum Gasteiger partial charge on any atom is -0.444 e. The van der Waals surface area contributed by atoms with Crippen LogP contribution in [0.5, 0.6) is 0 Å². The summed E-state index contributed by atoms with van der Waals surface area (Å²) in [5.74, 6) is -0.477. The highest BCUT2D eigenvalue weighted by atomic mass is 16.8. The highest BCUT2D eigenvalue weighted by Gasteiger charge is 2.56. The lowest BCUT2D eigenvalue weighted by Gasteiger charge is -2.30. The van der Waals surface area contributed by atoms with Crippen LogP contribution in [0, 0.1) is 0 Å². The Balaban J connectivity index is 1.31. The zero-order valence-electron chi connectivity index (χ0n) is 25.6. The van der Waals surface area contributed by atoms with Crippen LogP contribution in [0.2, 0.25) is 0 Å². The van der Waals surface area contributed by atoms with E-state index in [9.17, 15) is 4.79 Å². The van der Waals surface area contributed by atoms with E-state index in [0.29, 0.717) is 56.0 Å². The number of alkyl carbamates (subject to hydrolysis) is 1. The van der Waals surface area contributed by atoms with Crippen LogP contribution in [0.3, 0.4) is 0 Å². The number of nitrogens with one attached hydrogen (secondary N) is 1. The lowest BCUT2D eigenvalue weighted by Crippen LogP contribution is -2.45. The molecule has 2 aliphatic heterocycles. The maximum absolute atomic E-state index is 12.7. The molecule has 2 aromatic heterocycles. The average Bonchev–Trinajstić information content (AvgIpc) is 3.58. The van der Waals surface area contributed by atoms with Crippen molar-refractivity contribution in [3.05, 3.63) is 48.5 Å². The van der Waals surface area contributed by atoms with E-state index in [1.165, 1.54) is 6.33 Å². The van der Waals surface area contributed by atoms with Crippen molar-refractivity contribution in [3.8, 4) is 0 Å². The zero-order valence-corrected chi connectivity index (χ0v) is 25.6. The number of fused-ring (bicyclic) bond motifs is 2. The molecule has 13 nitrogen and oxygen atoms in total. The molecule has 0 saturated carbocycles. The maximum Gasteiger partial charge on any atom is 0.407 e. The highest BCUT2D eigenvalue weighted by Crippen LogP contribution is 2.44. The summed E-state index contributed by atoms with van der Waals surface area (Å²) >= 11 is 0. The Morgan fingerprint density at radius 2 is 1.88 bits per heavy atom. The summed E-state index contributed by atoms with van der Waals surface area (Å²) in [6.45, 7) is 11.7. The Kier molecular flexibility index (Phi) is 9.18. The Labute approximate surface area is 252 Å². The van der Waals surface area contributed by atoms with Gasteiger partial charge < -0.3 is 35.7 Å². The van der Waals surface area contributed by atoms with Crippen LogP contribution >= 0.6 is 0 Å². The minimum absolute atomic E-state index is 0.144. The van der Waals surface area contributed by atoms with Gasteiger partial charge in [-0.1, -0.05) is 30.3 Å². The maximum atomic E-state index is 12.7. The van der Waals surface area contributed by atoms with Crippen molar-refractivity contribution in [2.45, 2.75) is 89.4 Å². The Hall–Kier alpha value is -3.36. The van der Waals surface area contributed by atoms with Crippen molar-refractivity contribution >= 4 is 23.1 Å². The lowest BCUT2D eigenvalue weighted by atomic mass is 10.0. The first-order valence-corrected chi connectivity index (χ1v) is 14.8. The van der Waals surface area contributed by atoms with Crippen LogP contribution in [-0.4, -0.2) is 92.4 Å². The number of carbonyl (C=O) groups excluding carboxylic acids is 1. The summed E-state index contributed by atoms with van der Waals surface area (Å²) in [4.78, 5) is 27.8. The van der Waals surface area contributed by atoms with Crippen molar-refractivity contribution < 1.29 is 23.7 Å². The predicted octanol–water partition coefficient (Wildman–Crippen LogP) is 2.61. The van der Waals surface area contributed by atoms with Gasteiger partial charge in [-0.15, -0.1) is 0 Å². The molecule has 1 amide bonds. The van der Waals surface area contributed by atoms with Gasteiger partial charge in [0, 0.05) is 32.2 Å². The number of anilines is 1. The molecular formula is C30H44N8O5. The second-order valence-electron chi connectivity index (χ2n) is 12.6. The van der Waals surface area contributed by atoms with E-state index in [1.807, 2.05) is 57.4 Å². The van der Waals surface area contributed by atoms with Crippen LogP contribution in [0.15, 0.2) is 43.0 Å². The van der Waals surface area contributed by atoms with Crippen LogP contribution in [0.1, 0.15) is 52.8 Å². The molecule has 0 bridgehead atoms. The van der Waals surface area contributed by atoms with Crippen molar-refractivity contribution in [1.82, 2.24) is 29.7 Å². The van der Waals surface area contributed by atoms with Gasteiger partial charge in [0.05, 0.1) is 6.33 Å². The molecule has 43 heavy (non-hydrogen) atoms. The number of nitrogen functional groups attached to an aromatic ring is 1. The smallest absolute Gasteiger partial charge is 0.407 e. The molecule has 4 heterocycles. The molecule has 0 spiro atoms. The number of hydrogen-bond acceptors (Lipinski definition) is 11. The summed E-state index contributed by atoms with van der Waals surface area (Å²) < 4.78 is 26.7. The topological polar surface area (TPSA) is 165 Å². The van der Waals surface area contributed by atoms with Gasteiger partial charge in [0.25, 0.3) is 0 Å². The molecule has 2 aliphatic rings. The van der Waals surface area contributed by atoms with Crippen LogP contribution < -0.4 is 16.8 Å². The van der Waals surface area contributed by atoms with Crippen molar-refractivity contribution in [1.29, 1.82) is 0 Å². The largest absolute Gasteiger partial charge is 0.444 e. The van der Waals surface area contributed by atoms with Gasteiger partial charge in [-0.05, 0) is 53.0 Å². The molecular weight excluding hydrogens is 552 g/mol. The number of rotatable bonds is 11. The molecule has 5 rings (SSSR count). The Morgan fingerprint density at radius 1 is 1.14 bits per heavy atom. The number of aromatic nitrogens is 4. The van der Waals surface area contributed by atoms with E-state index < -0.39 is 23.7 Å². The molecule has 13 heteroatoms. The standard InChI is InChI=1S/C30H44N8O5/c1-29(2,3)43-28(39)36-20(15-19-9-7-6-8-10-19)11-13-37(14-12-31)16-21-23-24(42-30(4,5)41-23)27(40-21)38-18-35-22-25(32)33-17-34-26(22)38/h6-10,17-18,20-21,23-24,27H,11-16,31H2,1-5H3,(H,36,39)(H2,32,33,34)/t20-,21+,23+,24?,27?/m0/s1. The number of imidazole rings is 1. The van der Waals surface area contributed by atoms with E-state index >= 15 is 0 Å². The lowest BCUT2D eigenvalue weighted by molar-refractivity contribution is -0.198. The summed E-state index contributed by atoms with van der Waals surface area (Å²) in [7, 11) is 0. The fourth-order valence-electron chi connectivity index (χ4n) is 5.75. The number of ether oxygens (including phenoxy) is 4. The number of amides is 1. The fourth-order valence-corrected chi connectivity index (χ4v) is 5.75. The summed E-state index contributed by atoms with van der Waals surface area (Å²) in [5, 5.41) is 3.08. The van der Waals surface area contributed by atoms with E-state index in [2.05, 4.69) is 37.3 Å². The van der Waals surface area contributed by atoms with Crippen LogP contribution in [-0.2, 0) is 25.4 Å². The number of nitrogens with zero attached hydrogens (tertiary/aromatic N) is 5. The second kappa shape index (κ2) is 12.7. The van der Waals surface area contributed by atoms with Gasteiger partial charge in [-0.2, -0.15) is 0 Å². The molecule has 5 atom stereocenters. The predicted molar refractivity (Wildman–Crippen MR) is 161 cm³/mol. The molecule has 5 N–H and O–H groups in total. The SMILES string of the molecule is CC(C)(C)OC(=O)N[C@@H](CCN(CCN)C[C@H]1OC(n2cnc3c(N)ncnc32)C2OC(C)(C)O[C@@H]21)Cc1ccccc1. The number of carbonyl (C=O) groups is 1. The second-order valence-corrected chi connectivity index (χ2v) is 12.6. The third-order valence-electron chi connectivity index (χ3n) is 7.51. The first-order chi connectivity index (χ1) is 20.4. The normalized spacial score (nSPS) is 23.9. The van der Waals surface area contributed by atoms with E-state index in [4.69, 9.17) is 30.4 Å². The molecule has 0 aliphatic carbocycles. The molecule has 234 valence electrons. The van der Waals surface area contributed by atoms with Gasteiger partial charge in [0.1, 0.15) is 35.8 Å². The number of benzene rings is 1. The van der Waals surface area contributed by atoms with Gasteiger partial charge in [-0.25, -0.2) is 19.7 Å². The van der Waals surface area contributed by atoms with E-state index in [-0.39, 0.29) is 24.4 Å². The fraction of sp³-hybridized carbons (Fsp3) is 0.600. The van der Waals surface area contributed by atoms with Crippen LogP contribution in [0.4, 0.5) is 10.6 Å². The molecule has 0 radical (unpaired) electrons. The summed E-state index contributed by atoms with van der Waals surface area (Å²) in [5.41, 5.74) is 13.7. The highest BCUT2D eigenvalue weighted by molar-refractivity contribution is 5.81. The first kappa shape index (κ1) is 31.1. The van der Waals surface area contributed by atoms with Gasteiger partial charge in [0.2, 0.25) is 0 Å². The van der Waals surface area contributed by atoms with Gasteiger partial charge in [-0.3, -0.25) is 9.47 Å². The number of nitrogens with two attached hydrogens (primary N) is 2.